The third-order valence-electron chi connectivity index (χ3n) is 4.99. The number of anilines is 3. The smallest absolute Gasteiger partial charge is 0.260 e. The Morgan fingerprint density at radius 1 is 0.971 bits per heavy atom. The highest BCUT2D eigenvalue weighted by molar-refractivity contribution is 7.14. The van der Waals surface area contributed by atoms with Crippen molar-refractivity contribution in [2.45, 2.75) is 13.3 Å². The number of carbonyl (C=O) groups excluding carboxylic acids is 3. The summed E-state index contributed by atoms with van der Waals surface area (Å²) in [6.07, 6.45) is 1.42. The lowest BCUT2D eigenvalue weighted by Gasteiger charge is -2.12. The number of ether oxygens (including phenoxy) is 1. The second kappa shape index (κ2) is 10.7. The van der Waals surface area contributed by atoms with Gasteiger partial charge in [0.25, 0.3) is 11.8 Å². The first-order chi connectivity index (χ1) is 16.9. The Balaban J connectivity index is 1.39. The van der Waals surface area contributed by atoms with Gasteiger partial charge in [0.2, 0.25) is 5.91 Å². The average Bonchev–Trinajstić information content (AvgIpc) is 3.47. The summed E-state index contributed by atoms with van der Waals surface area (Å²) in [4.78, 5) is 42.1. The van der Waals surface area contributed by atoms with Crippen LogP contribution in [0.2, 0.25) is 0 Å². The Kier molecular flexibility index (Phi) is 7.22. The summed E-state index contributed by atoms with van der Waals surface area (Å²) in [5, 5.41) is 10.3. The van der Waals surface area contributed by atoms with Gasteiger partial charge in [-0.15, -0.1) is 11.3 Å². The first kappa shape index (κ1) is 23.7. The summed E-state index contributed by atoms with van der Waals surface area (Å²) in [5.74, 6) is 0.0660. The van der Waals surface area contributed by atoms with Crippen molar-refractivity contribution in [3.8, 4) is 5.75 Å². The maximum Gasteiger partial charge on any atom is 0.260 e. The first-order valence-corrected chi connectivity index (χ1v) is 11.4. The molecule has 10 heteroatoms. The van der Waals surface area contributed by atoms with E-state index in [-0.39, 0.29) is 24.1 Å². The molecule has 9 nitrogen and oxygen atoms in total. The third-order valence-corrected chi connectivity index (χ3v) is 5.80. The fraction of sp³-hybridized carbons (Fsp3) is 0.120. The highest BCUT2D eigenvalue weighted by Gasteiger charge is 2.17. The van der Waals surface area contributed by atoms with E-state index in [9.17, 15) is 14.4 Å². The monoisotopic (exact) mass is 490 g/mol. The quantitative estimate of drug-likeness (QED) is 0.328. The van der Waals surface area contributed by atoms with Crippen LogP contribution in [0.5, 0.6) is 5.75 Å². The number of rotatable bonds is 8. The largest absolute Gasteiger partial charge is 0.497 e. The van der Waals surface area contributed by atoms with Crippen LogP contribution < -0.4 is 20.7 Å². The fourth-order valence-corrected chi connectivity index (χ4v) is 3.98. The van der Waals surface area contributed by atoms with Gasteiger partial charge >= 0.3 is 0 Å². The molecule has 2 aromatic carbocycles. The van der Waals surface area contributed by atoms with Crippen LogP contribution >= 0.6 is 11.3 Å². The Bertz CT molecular complexity index is 1380. The lowest BCUT2D eigenvalue weighted by Crippen LogP contribution is -2.19. The highest BCUT2D eigenvalue weighted by Crippen LogP contribution is 2.22. The lowest BCUT2D eigenvalue weighted by atomic mass is 10.1. The normalized spacial score (nSPS) is 10.5. The number of amides is 3. The number of para-hydroxylation sites is 1. The molecule has 0 saturated heterocycles. The molecule has 2 aromatic heterocycles. The summed E-state index contributed by atoms with van der Waals surface area (Å²) < 4.78 is 10.3. The fourth-order valence-electron chi connectivity index (χ4n) is 3.28. The molecule has 0 radical (unpaired) electrons. The van der Waals surface area contributed by atoms with Gasteiger partial charge in [-0.1, -0.05) is 18.2 Å². The van der Waals surface area contributed by atoms with Crippen molar-refractivity contribution in [2.75, 3.05) is 23.1 Å². The van der Waals surface area contributed by atoms with Gasteiger partial charge in [-0.3, -0.25) is 19.7 Å². The molecule has 0 unspecified atom stereocenters. The molecule has 4 aromatic rings. The Morgan fingerprint density at radius 3 is 2.54 bits per heavy atom. The van der Waals surface area contributed by atoms with E-state index in [0.717, 1.165) is 0 Å². The molecule has 0 aliphatic rings. The first-order valence-electron chi connectivity index (χ1n) is 10.6. The van der Waals surface area contributed by atoms with Crippen LogP contribution in [0.25, 0.3) is 0 Å². The Morgan fingerprint density at radius 2 is 1.77 bits per heavy atom. The molecule has 0 aliphatic carbocycles. The van der Waals surface area contributed by atoms with Gasteiger partial charge in [-0.25, -0.2) is 4.98 Å². The zero-order valence-electron chi connectivity index (χ0n) is 19.0. The highest BCUT2D eigenvalue weighted by atomic mass is 32.1. The summed E-state index contributed by atoms with van der Waals surface area (Å²) in [7, 11) is 1.55. The molecule has 0 saturated carbocycles. The number of nitrogens with one attached hydrogen (secondary N) is 3. The SMILES string of the molecule is COc1cccc(NC(=O)c2ccccc2NC(=O)Cc2csc(NC(=O)c3ccoc3C)n2)c1. The van der Waals surface area contributed by atoms with Crippen LogP contribution in [0.1, 0.15) is 32.2 Å². The van der Waals surface area contributed by atoms with Gasteiger partial charge in [0, 0.05) is 17.1 Å². The van der Waals surface area contributed by atoms with E-state index >= 15 is 0 Å². The lowest BCUT2D eigenvalue weighted by molar-refractivity contribution is -0.115. The molecule has 35 heavy (non-hydrogen) atoms. The number of hydrogen-bond donors (Lipinski definition) is 3. The molecule has 178 valence electrons. The van der Waals surface area contributed by atoms with E-state index in [1.54, 1.807) is 74.0 Å². The second-order valence-electron chi connectivity index (χ2n) is 7.45. The number of carbonyl (C=O) groups is 3. The molecular weight excluding hydrogens is 468 g/mol. The van der Waals surface area contributed by atoms with Gasteiger partial charge in [0.1, 0.15) is 11.5 Å². The van der Waals surface area contributed by atoms with Gasteiger partial charge < -0.3 is 19.8 Å². The second-order valence-corrected chi connectivity index (χ2v) is 8.30. The van der Waals surface area contributed by atoms with Crippen LogP contribution in [0.4, 0.5) is 16.5 Å². The third kappa shape index (κ3) is 5.92. The van der Waals surface area contributed by atoms with Crippen LogP contribution in [0, 0.1) is 6.92 Å². The molecule has 3 amide bonds. The minimum Gasteiger partial charge on any atom is -0.497 e. The number of methoxy groups -OCH3 is 1. The van der Waals surface area contributed by atoms with E-state index in [1.165, 1.54) is 17.6 Å². The van der Waals surface area contributed by atoms with E-state index in [1.807, 2.05) is 0 Å². The number of thiazole rings is 1. The van der Waals surface area contributed by atoms with Crippen molar-refractivity contribution in [2.24, 2.45) is 0 Å². The minimum atomic E-state index is -0.373. The van der Waals surface area contributed by atoms with Gasteiger partial charge in [-0.05, 0) is 37.3 Å². The number of aryl methyl sites for hydroxylation is 1. The van der Waals surface area contributed by atoms with Gasteiger partial charge in [0.15, 0.2) is 5.13 Å². The zero-order valence-corrected chi connectivity index (χ0v) is 19.8. The van der Waals surface area contributed by atoms with Crippen LogP contribution in [-0.4, -0.2) is 29.8 Å². The maximum atomic E-state index is 12.8. The number of benzene rings is 2. The van der Waals surface area contributed by atoms with Crippen molar-refractivity contribution in [1.82, 2.24) is 4.98 Å². The minimum absolute atomic E-state index is 0.0249. The van der Waals surface area contributed by atoms with Gasteiger partial charge in [-0.2, -0.15) is 0 Å². The molecule has 0 spiro atoms. The van der Waals surface area contributed by atoms with E-state index in [4.69, 9.17) is 9.15 Å². The standard InChI is InChI=1S/C25H22N4O5S/c1-15-19(10-11-34-15)23(31)29-25-27-17(14-35-25)13-22(30)28-21-9-4-3-8-20(21)24(32)26-16-6-5-7-18(12-16)33-2/h3-12,14H,13H2,1-2H3,(H,26,32)(H,28,30)(H,27,29,31). The predicted molar refractivity (Wildman–Crippen MR) is 133 cm³/mol. The summed E-state index contributed by atoms with van der Waals surface area (Å²) in [6.45, 7) is 1.70. The molecule has 0 bridgehead atoms. The summed E-state index contributed by atoms with van der Waals surface area (Å²) >= 11 is 1.21. The molecule has 0 atom stereocenters. The number of nitrogens with zero attached hydrogens (tertiary/aromatic N) is 1. The molecule has 4 rings (SSSR count). The zero-order chi connectivity index (χ0) is 24.8. The van der Waals surface area contributed by atoms with Crippen molar-refractivity contribution >= 4 is 45.6 Å². The predicted octanol–water partition coefficient (Wildman–Crippen LogP) is 4.74. The van der Waals surface area contributed by atoms with Crippen LogP contribution in [-0.2, 0) is 11.2 Å². The van der Waals surface area contributed by atoms with Crippen LogP contribution in [0.3, 0.4) is 0 Å². The Labute approximate surface area is 205 Å². The molecule has 3 N–H and O–H groups in total. The average molecular weight is 491 g/mol. The Hall–Kier alpha value is -4.44. The molecule has 0 fully saturated rings. The summed E-state index contributed by atoms with van der Waals surface area (Å²) in [5.41, 5.74) is 2.16. The van der Waals surface area contributed by atoms with Crippen molar-refractivity contribution in [1.29, 1.82) is 0 Å². The van der Waals surface area contributed by atoms with Crippen LogP contribution in [0.15, 0.2) is 70.7 Å². The molecule has 2 heterocycles. The molecular formula is C25H22N4O5S. The summed E-state index contributed by atoms with van der Waals surface area (Å²) in [6, 6.07) is 15.3. The number of aromatic nitrogens is 1. The number of hydrogen-bond acceptors (Lipinski definition) is 7. The topological polar surface area (TPSA) is 123 Å². The van der Waals surface area contributed by atoms with E-state index < -0.39 is 0 Å². The van der Waals surface area contributed by atoms with Crippen molar-refractivity contribution < 1.29 is 23.5 Å². The molecule has 0 aliphatic heterocycles. The number of furan rings is 1. The van der Waals surface area contributed by atoms with E-state index in [2.05, 4.69) is 20.9 Å². The van der Waals surface area contributed by atoms with E-state index in [0.29, 0.717) is 44.8 Å². The van der Waals surface area contributed by atoms with Crippen molar-refractivity contribution in [3.63, 3.8) is 0 Å². The van der Waals surface area contributed by atoms with Crippen molar-refractivity contribution in [3.05, 3.63) is 88.8 Å². The van der Waals surface area contributed by atoms with Gasteiger partial charge in [0.05, 0.1) is 42.3 Å². The maximum absolute atomic E-state index is 12.8.